The molecule has 3 heteroatoms. The molecule has 1 aliphatic rings. The molecule has 2 N–H and O–H groups in total. The number of amides is 1. The molecule has 0 radical (unpaired) electrons. The molecular weight excluding hydrogens is 224 g/mol. The van der Waals surface area contributed by atoms with Crippen LogP contribution in [0.5, 0.6) is 0 Å². The molecule has 3 nitrogen and oxygen atoms in total. The van der Waals surface area contributed by atoms with E-state index in [0.29, 0.717) is 6.54 Å². The Labute approximate surface area is 109 Å². The molecule has 0 spiro atoms. The summed E-state index contributed by atoms with van der Waals surface area (Å²) in [6.07, 6.45) is 2.87. The predicted molar refractivity (Wildman–Crippen MR) is 73.0 cm³/mol. The monoisotopic (exact) mass is 246 g/mol. The fraction of sp³-hybridized carbons (Fsp3) is 0.533. The van der Waals surface area contributed by atoms with Gasteiger partial charge in [0.25, 0.3) is 0 Å². The number of rotatable bonds is 4. The zero-order chi connectivity index (χ0) is 13.0. The third kappa shape index (κ3) is 2.72. The lowest BCUT2D eigenvalue weighted by molar-refractivity contribution is -0.136. The minimum absolute atomic E-state index is 0.000243. The summed E-state index contributed by atoms with van der Waals surface area (Å²) >= 11 is 0. The summed E-state index contributed by atoms with van der Waals surface area (Å²) in [7, 11) is 0. The standard InChI is InChI=1S/C15H22N2O/c1-2-5-13(10-16)15(18)17-9-8-12-6-3-4-7-14(12)11-17/h3-4,6-7,13H,2,5,8-11,16H2,1H3. The molecule has 0 fully saturated rings. The first kappa shape index (κ1) is 13.1. The van der Waals surface area contributed by atoms with Crippen LogP contribution in [0.25, 0.3) is 0 Å². The maximum atomic E-state index is 12.4. The normalized spacial score (nSPS) is 16.2. The molecule has 1 aromatic rings. The molecule has 1 aromatic carbocycles. The fourth-order valence-electron chi connectivity index (χ4n) is 2.63. The van der Waals surface area contributed by atoms with Crippen molar-refractivity contribution in [2.45, 2.75) is 32.7 Å². The predicted octanol–water partition coefficient (Wildman–Crippen LogP) is 1.95. The van der Waals surface area contributed by atoms with Gasteiger partial charge < -0.3 is 10.6 Å². The van der Waals surface area contributed by atoms with E-state index in [-0.39, 0.29) is 11.8 Å². The SMILES string of the molecule is CCCC(CN)C(=O)N1CCc2ccccc2C1. The molecule has 1 atom stereocenters. The highest BCUT2D eigenvalue weighted by Gasteiger charge is 2.25. The molecule has 0 bridgehead atoms. The lowest BCUT2D eigenvalue weighted by Gasteiger charge is -2.31. The van der Waals surface area contributed by atoms with E-state index in [2.05, 4.69) is 25.1 Å². The van der Waals surface area contributed by atoms with Gasteiger partial charge >= 0.3 is 0 Å². The van der Waals surface area contributed by atoms with Crippen LogP contribution in [0.1, 0.15) is 30.9 Å². The summed E-state index contributed by atoms with van der Waals surface area (Å²) < 4.78 is 0. The lowest BCUT2D eigenvalue weighted by atomic mass is 9.97. The quantitative estimate of drug-likeness (QED) is 0.882. The Balaban J connectivity index is 2.06. The van der Waals surface area contributed by atoms with Gasteiger partial charge in [-0.05, 0) is 24.0 Å². The van der Waals surface area contributed by atoms with E-state index in [0.717, 1.165) is 32.4 Å². The Hall–Kier alpha value is -1.35. The van der Waals surface area contributed by atoms with Crippen molar-refractivity contribution in [2.24, 2.45) is 11.7 Å². The van der Waals surface area contributed by atoms with E-state index in [4.69, 9.17) is 5.73 Å². The summed E-state index contributed by atoms with van der Waals surface area (Å²) in [5.41, 5.74) is 8.37. The molecule has 2 rings (SSSR count). The van der Waals surface area contributed by atoms with Gasteiger partial charge in [0.1, 0.15) is 0 Å². The van der Waals surface area contributed by atoms with E-state index in [9.17, 15) is 4.79 Å². The van der Waals surface area contributed by atoms with Crippen LogP contribution in [0.15, 0.2) is 24.3 Å². The summed E-state index contributed by atoms with van der Waals surface area (Å²) in [4.78, 5) is 14.3. The molecule has 1 heterocycles. The van der Waals surface area contributed by atoms with Crippen LogP contribution >= 0.6 is 0 Å². The van der Waals surface area contributed by atoms with Crippen LogP contribution in [0.4, 0.5) is 0 Å². The van der Waals surface area contributed by atoms with Crippen LogP contribution in [-0.2, 0) is 17.8 Å². The second kappa shape index (κ2) is 6.01. The Bertz CT molecular complexity index is 417. The third-order valence-electron chi connectivity index (χ3n) is 3.71. The molecule has 1 amide bonds. The van der Waals surface area contributed by atoms with Crippen molar-refractivity contribution >= 4 is 5.91 Å². The molecule has 1 unspecified atom stereocenters. The van der Waals surface area contributed by atoms with Crippen molar-refractivity contribution in [3.63, 3.8) is 0 Å². The van der Waals surface area contributed by atoms with Gasteiger partial charge in [-0.3, -0.25) is 4.79 Å². The molecule has 0 saturated carbocycles. The molecule has 0 aliphatic carbocycles. The highest BCUT2D eigenvalue weighted by atomic mass is 16.2. The molecule has 0 aromatic heterocycles. The van der Waals surface area contributed by atoms with Crippen molar-refractivity contribution in [1.29, 1.82) is 0 Å². The van der Waals surface area contributed by atoms with Crippen LogP contribution in [0.2, 0.25) is 0 Å². The van der Waals surface area contributed by atoms with Gasteiger partial charge in [0.15, 0.2) is 0 Å². The number of nitrogens with zero attached hydrogens (tertiary/aromatic N) is 1. The maximum absolute atomic E-state index is 12.4. The van der Waals surface area contributed by atoms with Crippen molar-refractivity contribution in [3.05, 3.63) is 35.4 Å². The second-order valence-electron chi connectivity index (χ2n) is 5.00. The zero-order valence-electron chi connectivity index (χ0n) is 11.1. The van der Waals surface area contributed by atoms with Crippen molar-refractivity contribution in [2.75, 3.05) is 13.1 Å². The summed E-state index contributed by atoms with van der Waals surface area (Å²) in [6.45, 7) is 4.14. The van der Waals surface area contributed by atoms with Gasteiger partial charge in [0.2, 0.25) is 5.91 Å². The van der Waals surface area contributed by atoms with Crippen LogP contribution in [0.3, 0.4) is 0 Å². The Morgan fingerprint density at radius 3 is 2.78 bits per heavy atom. The lowest BCUT2D eigenvalue weighted by Crippen LogP contribution is -2.41. The van der Waals surface area contributed by atoms with Crippen LogP contribution < -0.4 is 5.73 Å². The molecule has 18 heavy (non-hydrogen) atoms. The number of hydrogen-bond donors (Lipinski definition) is 1. The minimum Gasteiger partial charge on any atom is -0.338 e. The van der Waals surface area contributed by atoms with E-state index >= 15 is 0 Å². The Kier molecular flexibility index (Phi) is 4.37. The van der Waals surface area contributed by atoms with Crippen molar-refractivity contribution in [1.82, 2.24) is 4.90 Å². The number of hydrogen-bond acceptors (Lipinski definition) is 2. The van der Waals surface area contributed by atoms with E-state index in [1.54, 1.807) is 0 Å². The number of nitrogens with two attached hydrogens (primary N) is 1. The number of fused-ring (bicyclic) bond motifs is 1. The second-order valence-corrected chi connectivity index (χ2v) is 5.00. The minimum atomic E-state index is 0.000243. The molecule has 0 saturated heterocycles. The fourth-order valence-corrected chi connectivity index (χ4v) is 2.63. The maximum Gasteiger partial charge on any atom is 0.227 e. The molecule has 1 aliphatic heterocycles. The largest absolute Gasteiger partial charge is 0.338 e. The van der Waals surface area contributed by atoms with E-state index in [1.165, 1.54) is 11.1 Å². The topological polar surface area (TPSA) is 46.3 Å². The summed E-state index contributed by atoms with van der Waals surface area (Å²) in [6, 6.07) is 8.38. The van der Waals surface area contributed by atoms with Gasteiger partial charge in [-0.25, -0.2) is 0 Å². The Morgan fingerprint density at radius 1 is 1.39 bits per heavy atom. The average Bonchev–Trinajstić information content (AvgIpc) is 2.43. The van der Waals surface area contributed by atoms with E-state index in [1.807, 2.05) is 11.0 Å². The van der Waals surface area contributed by atoms with Gasteiger partial charge in [0.05, 0.1) is 5.92 Å². The average molecular weight is 246 g/mol. The first-order chi connectivity index (χ1) is 8.76. The van der Waals surface area contributed by atoms with Crippen molar-refractivity contribution in [3.8, 4) is 0 Å². The van der Waals surface area contributed by atoms with Gasteiger partial charge in [-0.15, -0.1) is 0 Å². The van der Waals surface area contributed by atoms with Crippen molar-refractivity contribution < 1.29 is 4.79 Å². The summed E-state index contributed by atoms with van der Waals surface area (Å²) in [5, 5.41) is 0. The smallest absolute Gasteiger partial charge is 0.227 e. The van der Waals surface area contributed by atoms with Gasteiger partial charge in [-0.1, -0.05) is 37.6 Å². The number of benzene rings is 1. The molecule has 98 valence electrons. The molecular formula is C15H22N2O. The highest BCUT2D eigenvalue weighted by Crippen LogP contribution is 2.21. The van der Waals surface area contributed by atoms with Crippen LogP contribution in [-0.4, -0.2) is 23.9 Å². The van der Waals surface area contributed by atoms with Gasteiger partial charge in [-0.2, -0.15) is 0 Å². The highest BCUT2D eigenvalue weighted by molar-refractivity contribution is 5.79. The van der Waals surface area contributed by atoms with Crippen LogP contribution in [0, 0.1) is 5.92 Å². The third-order valence-corrected chi connectivity index (χ3v) is 3.71. The first-order valence-corrected chi connectivity index (χ1v) is 6.82. The zero-order valence-corrected chi connectivity index (χ0v) is 11.1. The number of carbonyl (C=O) groups excluding carboxylic acids is 1. The first-order valence-electron chi connectivity index (χ1n) is 6.82. The Morgan fingerprint density at radius 2 is 2.11 bits per heavy atom. The summed E-state index contributed by atoms with van der Waals surface area (Å²) in [5.74, 6) is 0.231. The van der Waals surface area contributed by atoms with Gasteiger partial charge in [0, 0.05) is 19.6 Å². The van der Waals surface area contributed by atoms with E-state index < -0.39 is 0 Å². The number of carbonyl (C=O) groups is 1.